The highest BCUT2D eigenvalue weighted by molar-refractivity contribution is 5.29. The Morgan fingerprint density at radius 3 is 2.43 bits per heavy atom. The predicted octanol–water partition coefficient (Wildman–Crippen LogP) is 2.11. The minimum atomic E-state index is 0.208. The molecule has 1 aromatic rings. The number of benzene rings is 1. The van der Waals surface area contributed by atoms with Gasteiger partial charge in [-0.2, -0.15) is 0 Å². The number of nitrogens with two attached hydrogens (primary N) is 1. The number of nitrogens with zero attached hydrogens (tertiary/aromatic N) is 2. The van der Waals surface area contributed by atoms with Gasteiger partial charge in [-0.25, -0.2) is 0 Å². The molecule has 4 nitrogen and oxygen atoms in total. The van der Waals surface area contributed by atoms with Crippen LogP contribution >= 0.6 is 0 Å². The number of likely N-dealkylation sites (N-methyl/N-ethyl adjacent to an activating group) is 1. The van der Waals surface area contributed by atoms with Gasteiger partial charge in [-0.3, -0.25) is 4.90 Å². The van der Waals surface area contributed by atoms with Crippen LogP contribution < -0.4 is 10.5 Å². The van der Waals surface area contributed by atoms with Crippen molar-refractivity contribution in [3.63, 3.8) is 0 Å². The number of hydrogen-bond acceptors (Lipinski definition) is 4. The monoisotopic (exact) mass is 291 g/mol. The molecule has 118 valence electrons. The highest BCUT2D eigenvalue weighted by Crippen LogP contribution is 2.25. The standard InChI is InChI=1S/C17H29N3O/c1-13(2)21-16-7-5-15(6-8-16)17(11-18)20-10-9-19(4)14(3)12-20/h5-8,13-14,17H,9-12,18H2,1-4H3. The van der Waals surface area contributed by atoms with E-state index in [2.05, 4.69) is 48.0 Å². The van der Waals surface area contributed by atoms with E-state index in [4.69, 9.17) is 10.5 Å². The van der Waals surface area contributed by atoms with E-state index in [0.29, 0.717) is 18.6 Å². The van der Waals surface area contributed by atoms with Gasteiger partial charge in [0.25, 0.3) is 0 Å². The molecule has 2 atom stereocenters. The van der Waals surface area contributed by atoms with Gasteiger partial charge in [0.2, 0.25) is 0 Å². The summed E-state index contributed by atoms with van der Waals surface area (Å²) < 4.78 is 5.71. The summed E-state index contributed by atoms with van der Waals surface area (Å²) in [6, 6.07) is 9.29. The number of piperazine rings is 1. The molecule has 0 radical (unpaired) electrons. The van der Waals surface area contributed by atoms with E-state index in [9.17, 15) is 0 Å². The van der Waals surface area contributed by atoms with E-state index in [-0.39, 0.29) is 6.10 Å². The molecule has 1 saturated heterocycles. The lowest BCUT2D eigenvalue weighted by atomic mass is 10.0. The second-order valence-electron chi connectivity index (χ2n) is 6.31. The summed E-state index contributed by atoms with van der Waals surface area (Å²) in [6.45, 7) is 10.3. The highest BCUT2D eigenvalue weighted by atomic mass is 16.5. The summed E-state index contributed by atoms with van der Waals surface area (Å²) in [6.07, 6.45) is 0.208. The summed E-state index contributed by atoms with van der Waals surface area (Å²) in [4.78, 5) is 4.91. The average Bonchev–Trinajstić information content (AvgIpc) is 2.45. The molecule has 1 fully saturated rings. The van der Waals surface area contributed by atoms with E-state index in [1.54, 1.807) is 0 Å². The Balaban J connectivity index is 2.06. The second-order valence-corrected chi connectivity index (χ2v) is 6.31. The maximum atomic E-state index is 6.05. The zero-order valence-corrected chi connectivity index (χ0v) is 13.7. The largest absolute Gasteiger partial charge is 0.491 e. The van der Waals surface area contributed by atoms with Gasteiger partial charge in [0, 0.05) is 38.3 Å². The van der Waals surface area contributed by atoms with Gasteiger partial charge in [-0.15, -0.1) is 0 Å². The minimum Gasteiger partial charge on any atom is -0.491 e. The summed E-state index contributed by atoms with van der Waals surface area (Å²) >= 11 is 0. The van der Waals surface area contributed by atoms with Crippen LogP contribution in [0.4, 0.5) is 0 Å². The van der Waals surface area contributed by atoms with E-state index in [0.717, 1.165) is 25.4 Å². The molecule has 0 saturated carbocycles. The molecule has 2 unspecified atom stereocenters. The van der Waals surface area contributed by atoms with Gasteiger partial charge >= 0.3 is 0 Å². The van der Waals surface area contributed by atoms with E-state index in [1.807, 2.05) is 13.8 Å². The summed E-state index contributed by atoms with van der Waals surface area (Å²) in [5, 5.41) is 0. The Labute approximate surface area is 128 Å². The fourth-order valence-electron chi connectivity index (χ4n) is 2.90. The molecule has 1 aliphatic heterocycles. The number of rotatable bonds is 5. The predicted molar refractivity (Wildman–Crippen MR) is 87.7 cm³/mol. The average molecular weight is 291 g/mol. The molecule has 1 heterocycles. The van der Waals surface area contributed by atoms with Crippen LogP contribution in [0.3, 0.4) is 0 Å². The van der Waals surface area contributed by atoms with Crippen LogP contribution in [0.5, 0.6) is 5.75 Å². The highest BCUT2D eigenvalue weighted by Gasteiger charge is 2.26. The van der Waals surface area contributed by atoms with Crippen molar-refractivity contribution in [3.05, 3.63) is 29.8 Å². The molecule has 0 aliphatic carbocycles. The van der Waals surface area contributed by atoms with E-state index < -0.39 is 0 Å². The van der Waals surface area contributed by atoms with Crippen LogP contribution in [-0.2, 0) is 0 Å². The van der Waals surface area contributed by atoms with Crippen molar-refractivity contribution in [2.75, 3.05) is 33.2 Å². The molecular weight excluding hydrogens is 262 g/mol. The Hall–Kier alpha value is -1.10. The lowest BCUT2D eigenvalue weighted by Gasteiger charge is -2.41. The van der Waals surface area contributed by atoms with Crippen molar-refractivity contribution in [3.8, 4) is 5.75 Å². The first kappa shape index (κ1) is 16.3. The van der Waals surface area contributed by atoms with Crippen LogP contribution in [0.25, 0.3) is 0 Å². The molecule has 1 aliphatic rings. The summed E-state index contributed by atoms with van der Waals surface area (Å²) in [5.41, 5.74) is 7.33. The fraction of sp³-hybridized carbons (Fsp3) is 0.647. The smallest absolute Gasteiger partial charge is 0.119 e. The molecule has 0 amide bonds. The van der Waals surface area contributed by atoms with E-state index >= 15 is 0 Å². The SMILES string of the molecule is CC(C)Oc1ccc(C(CN)N2CCN(C)C(C)C2)cc1. The summed E-state index contributed by atoms with van der Waals surface area (Å²) in [7, 11) is 2.19. The number of ether oxygens (including phenoxy) is 1. The van der Waals surface area contributed by atoms with Crippen molar-refractivity contribution < 1.29 is 4.74 Å². The first-order chi connectivity index (χ1) is 10.0. The van der Waals surface area contributed by atoms with Crippen molar-refractivity contribution in [1.29, 1.82) is 0 Å². The quantitative estimate of drug-likeness (QED) is 0.902. The molecule has 0 aromatic heterocycles. The molecular formula is C17H29N3O. The molecule has 0 spiro atoms. The first-order valence-corrected chi connectivity index (χ1v) is 7.92. The topological polar surface area (TPSA) is 41.7 Å². The Morgan fingerprint density at radius 2 is 1.90 bits per heavy atom. The minimum absolute atomic E-state index is 0.208. The van der Waals surface area contributed by atoms with Crippen LogP contribution in [0, 0.1) is 0 Å². The Morgan fingerprint density at radius 1 is 1.24 bits per heavy atom. The molecule has 1 aromatic carbocycles. The number of hydrogen-bond donors (Lipinski definition) is 1. The van der Waals surface area contributed by atoms with Gasteiger partial charge in [0.15, 0.2) is 0 Å². The normalized spacial score (nSPS) is 22.5. The van der Waals surface area contributed by atoms with E-state index in [1.165, 1.54) is 5.56 Å². The lowest BCUT2D eigenvalue weighted by Crippen LogP contribution is -2.52. The van der Waals surface area contributed by atoms with Crippen LogP contribution in [-0.4, -0.2) is 55.2 Å². The first-order valence-electron chi connectivity index (χ1n) is 7.92. The van der Waals surface area contributed by atoms with Gasteiger partial charge in [-0.1, -0.05) is 12.1 Å². The third-order valence-corrected chi connectivity index (χ3v) is 4.29. The van der Waals surface area contributed by atoms with Crippen molar-refractivity contribution >= 4 is 0 Å². The fourth-order valence-corrected chi connectivity index (χ4v) is 2.90. The maximum Gasteiger partial charge on any atom is 0.119 e. The third-order valence-electron chi connectivity index (χ3n) is 4.29. The third kappa shape index (κ3) is 4.19. The van der Waals surface area contributed by atoms with Crippen LogP contribution in [0.15, 0.2) is 24.3 Å². The molecule has 21 heavy (non-hydrogen) atoms. The maximum absolute atomic E-state index is 6.05. The van der Waals surface area contributed by atoms with Gasteiger partial charge in [0.1, 0.15) is 5.75 Å². The lowest BCUT2D eigenvalue weighted by molar-refractivity contribution is 0.0741. The molecule has 2 N–H and O–H groups in total. The Bertz CT molecular complexity index is 432. The van der Waals surface area contributed by atoms with Crippen LogP contribution in [0.2, 0.25) is 0 Å². The zero-order chi connectivity index (χ0) is 15.4. The van der Waals surface area contributed by atoms with Gasteiger partial charge in [0.05, 0.1) is 6.10 Å². The van der Waals surface area contributed by atoms with Crippen molar-refractivity contribution in [2.24, 2.45) is 5.73 Å². The second kappa shape index (κ2) is 7.25. The molecule has 0 bridgehead atoms. The molecule has 4 heteroatoms. The summed E-state index contributed by atoms with van der Waals surface area (Å²) in [5.74, 6) is 0.927. The van der Waals surface area contributed by atoms with Crippen molar-refractivity contribution in [2.45, 2.75) is 39.0 Å². The van der Waals surface area contributed by atoms with Crippen LogP contribution in [0.1, 0.15) is 32.4 Å². The van der Waals surface area contributed by atoms with Gasteiger partial charge < -0.3 is 15.4 Å². The molecule has 2 rings (SSSR count). The van der Waals surface area contributed by atoms with Crippen molar-refractivity contribution in [1.82, 2.24) is 9.80 Å². The zero-order valence-electron chi connectivity index (χ0n) is 13.7. The Kier molecular flexibility index (Phi) is 5.62. The van der Waals surface area contributed by atoms with Gasteiger partial charge in [-0.05, 0) is 45.5 Å².